The van der Waals surface area contributed by atoms with Crippen molar-refractivity contribution in [3.05, 3.63) is 41.8 Å². The molecule has 0 aliphatic carbocycles. The number of nitrogens with one attached hydrogen (secondary N) is 1. The first-order chi connectivity index (χ1) is 12.5. The zero-order valence-corrected chi connectivity index (χ0v) is 14.4. The maximum absolute atomic E-state index is 15.4. The third-order valence-electron chi connectivity index (χ3n) is 4.40. The highest BCUT2D eigenvalue weighted by molar-refractivity contribution is 6.12. The SMILES string of the molecule is COc1cc2c(c(-c3ccc(O)cc3)nc3n[nH]c(C)c32)c(F)c1OC. The standard InChI is InChI=1S/C19H16FN3O3/c1-9-14-12-8-13(25-2)18(26-3)16(20)15(12)17(21-19(14)23-22-9)10-4-6-11(24)7-5-10/h4-8,24H,1-3H3,(H,21,22,23). The summed E-state index contributed by atoms with van der Waals surface area (Å²) in [5, 5.41) is 18.3. The smallest absolute Gasteiger partial charge is 0.197 e. The second-order valence-electron chi connectivity index (χ2n) is 5.90. The number of pyridine rings is 1. The number of aromatic nitrogens is 3. The van der Waals surface area contributed by atoms with Crippen LogP contribution in [0.1, 0.15) is 5.69 Å². The molecule has 6 nitrogen and oxygen atoms in total. The average Bonchev–Trinajstić information content (AvgIpc) is 3.02. The Morgan fingerprint density at radius 2 is 1.81 bits per heavy atom. The van der Waals surface area contributed by atoms with Gasteiger partial charge < -0.3 is 14.6 Å². The Morgan fingerprint density at radius 3 is 2.46 bits per heavy atom. The summed E-state index contributed by atoms with van der Waals surface area (Å²) in [4.78, 5) is 4.56. The minimum atomic E-state index is -0.556. The van der Waals surface area contributed by atoms with Gasteiger partial charge in [-0.2, -0.15) is 5.10 Å². The number of H-pyrrole nitrogens is 1. The first-order valence-corrected chi connectivity index (χ1v) is 7.93. The summed E-state index contributed by atoms with van der Waals surface area (Å²) < 4.78 is 25.9. The van der Waals surface area contributed by atoms with Gasteiger partial charge in [0.2, 0.25) is 0 Å². The van der Waals surface area contributed by atoms with Crippen molar-refractivity contribution in [1.82, 2.24) is 15.2 Å². The van der Waals surface area contributed by atoms with Gasteiger partial charge in [0.1, 0.15) is 5.75 Å². The highest BCUT2D eigenvalue weighted by Gasteiger charge is 2.23. The molecule has 0 unspecified atom stereocenters. The molecule has 26 heavy (non-hydrogen) atoms. The third kappa shape index (κ3) is 2.24. The Hall–Kier alpha value is -3.35. The fourth-order valence-electron chi connectivity index (χ4n) is 3.19. The zero-order valence-electron chi connectivity index (χ0n) is 14.4. The van der Waals surface area contributed by atoms with E-state index < -0.39 is 5.82 Å². The molecular weight excluding hydrogens is 337 g/mol. The van der Waals surface area contributed by atoms with Gasteiger partial charge in [0.25, 0.3) is 0 Å². The van der Waals surface area contributed by atoms with Gasteiger partial charge >= 0.3 is 0 Å². The van der Waals surface area contributed by atoms with Gasteiger partial charge in [0, 0.05) is 27.4 Å². The molecule has 2 heterocycles. The molecule has 132 valence electrons. The van der Waals surface area contributed by atoms with Crippen LogP contribution in [0.25, 0.3) is 33.1 Å². The van der Waals surface area contributed by atoms with E-state index in [4.69, 9.17) is 9.47 Å². The second kappa shape index (κ2) is 5.87. The van der Waals surface area contributed by atoms with Crippen molar-refractivity contribution in [3.63, 3.8) is 0 Å². The summed E-state index contributed by atoms with van der Waals surface area (Å²) >= 11 is 0. The van der Waals surface area contributed by atoms with Gasteiger partial charge in [0.05, 0.1) is 19.9 Å². The lowest BCUT2D eigenvalue weighted by Gasteiger charge is -2.14. The lowest BCUT2D eigenvalue weighted by atomic mass is 9.99. The number of ether oxygens (including phenoxy) is 2. The minimum Gasteiger partial charge on any atom is -0.508 e. The molecule has 0 saturated heterocycles. The molecule has 2 aromatic heterocycles. The van der Waals surface area contributed by atoms with Gasteiger partial charge in [0.15, 0.2) is 23.0 Å². The van der Waals surface area contributed by atoms with E-state index in [0.717, 1.165) is 11.1 Å². The first kappa shape index (κ1) is 16.1. The summed E-state index contributed by atoms with van der Waals surface area (Å²) in [6, 6.07) is 8.15. The fraction of sp³-hybridized carbons (Fsp3) is 0.158. The van der Waals surface area contributed by atoms with E-state index in [1.54, 1.807) is 18.2 Å². The topological polar surface area (TPSA) is 80.3 Å². The Bertz CT molecular complexity index is 1140. The Labute approximate surface area is 148 Å². The van der Waals surface area contributed by atoms with Gasteiger partial charge in [-0.1, -0.05) is 0 Å². The number of benzene rings is 2. The van der Waals surface area contributed by atoms with Crippen LogP contribution < -0.4 is 9.47 Å². The molecule has 0 atom stereocenters. The predicted octanol–water partition coefficient (Wildman–Crippen LogP) is 3.95. The Morgan fingerprint density at radius 1 is 1.08 bits per heavy atom. The number of rotatable bonds is 3. The van der Waals surface area contributed by atoms with Crippen LogP contribution >= 0.6 is 0 Å². The van der Waals surface area contributed by atoms with Crippen LogP contribution in [0.3, 0.4) is 0 Å². The van der Waals surface area contributed by atoms with Crippen LogP contribution in [-0.4, -0.2) is 34.5 Å². The number of aromatic amines is 1. The zero-order chi connectivity index (χ0) is 18.4. The molecule has 4 rings (SSSR count). The van der Waals surface area contributed by atoms with Gasteiger partial charge in [-0.3, -0.25) is 5.10 Å². The van der Waals surface area contributed by atoms with Crippen LogP contribution in [0, 0.1) is 12.7 Å². The van der Waals surface area contributed by atoms with Crippen LogP contribution in [0.2, 0.25) is 0 Å². The summed E-state index contributed by atoms with van der Waals surface area (Å²) in [6.45, 7) is 1.85. The van der Waals surface area contributed by atoms with Gasteiger partial charge in [-0.05, 0) is 37.3 Å². The largest absolute Gasteiger partial charge is 0.508 e. The number of halogens is 1. The lowest BCUT2D eigenvalue weighted by Crippen LogP contribution is -1.98. The third-order valence-corrected chi connectivity index (χ3v) is 4.40. The van der Waals surface area contributed by atoms with Crippen LogP contribution in [0.15, 0.2) is 30.3 Å². The molecule has 0 spiro atoms. The number of aromatic hydroxyl groups is 1. The number of fused-ring (bicyclic) bond motifs is 3. The Balaban J connectivity index is 2.21. The van der Waals surface area contributed by atoms with Crippen molar-refractivity contribution in [1.29, 1.82) is 0 Å². The van der Waals surface area contributed by atoms with Crippen molar-refractivity contribution in [2.24, 2.45) is 0 Å². The molecule has 2 aromatic carbocycles. The van der Waals surface area contributed by atoms with E-state index >= 15 is 4.39 Å². The number of phenols is 1. The number of hydrogen-bond acceptors (Lipinski definition) is 5. The number of hydrogen-bond donors (Lipinski definition) is 2. The van der Waals surface area contributed by atoms with Crippen molar-refractivity contribution in [2.45, 2.75) is 6.92 Å². The first-order valence-electron chi connectivity index (χ1n) is 7.93. The van der Waals surface area contributed by atoms with Gasteiger partial charge in [-0.25, -0.2) is 9.37 Å². The quantitative estimate of drug-likeness (QED) is 0.583. The molecule has 0 saturated carbocycles. The molecule has 7 heteroatoms. The summed E-state index contributed by atoms with van der Waals surface area (Å²) in [6.07, 6.45) is 0. The highest BCUT2D eigenvalue weighted by Crippen LogP contribution is 2.42. The summed E-state index contributed by atoms with van der Waals surface area (Å²) in [5.74, 6) is -0.126. The molecule has 0 bridgehead atoms. The molecule has 0 radical (unpaired) electrons. The van der Waals surface area contributed by atoms with Crippen LogP contribution in [0.4, 0.5) is 4.39 Å². The molecule has 4 aromatic rings. The highest BCUT2D eigenvalue weighted by atomic mass is 19.1. The molecule has 0 fully saturated rings. The predicted molar refractivity (Wildman–Crippen MR) is 96.3 cm³/mol. The van der Waals surface area contributed by atoms with E-state index in [-0.39, 0.29) is 11.5 Å². The lowest BCUT2D eigenvalue weighted by molar-refractivity contribution is 0.339. The normalized spacial score (nSPS) is 11.2. The van der Waals surface area contributed by atoms with Crippen molar-refractivity contribution >= 4 is 21.8 Å². The minimum absolute atomic E-state index is 0.0160. The van der Waals surface area contributed by atoms with E-state index in [0.29, 0.717) is 33.4 Å². The summed E-state index contributed by atoms with van der Waals surface area (Å²) in [7, 11) is 2.85. The fourth-order valence-corrected chi connectivity index (χ4v) is 3.19. The maximum atomic E-state index is 15.4. The molecule has 0 aliphatic heterocycles. The number of aryl methyl sites for hydroxylation is 1. The van der Waals surface area contributed by atoms with E-state index in [9.17, 15) is 5.11 Å². The average molecular weight is 353 g/mol. The van der Waals surface area contributed by atoms with Crippen molar-refractivity contribution < 1.29 is 19.0 Å². The number of phenolic OH excluding ortho intramolecular Hbond substituents is 1. The molecular formula is C19H16FN3O3. The number of nitrogens with zero attached hydrogens (tertiary/aromatic N) is 2. The van der Waals surface area contributed by atoms with Crippen LogP contribution in [-0.2, 0) is 0 Å². The second-order valence-corrected chi connectivity index (χ2v) is 5.90. The van der Waals surface area contributed by atoms with Crippen molar-refractivity contribution in [3.8, 4) is 28.5 Å². The molecule has 0 aliphatic rings. The van der Waals surface area contributed by atoms with Crippen molar-refractivity contribution in [2.75, 3.05) is 14.2 Å². The maximum Gasteiger partial charge on any atom is 0.197 e. The Kier molecular flexibility index (Phi) is 3.64. The van der Waals surface area contributed by atoms with E-state index in [1.165, 1.54) is 26.4 Å². The monoisotopic (exact) mass is 353 g/mol. The molecule has 2 N–H and O–H groups in total. The van der Waals surface area contributed by atoms with Crippen LogP contribution in [0.5, 0.6) is 17.2 Å². The van der Waals surface area contributed by atoms with E-state index in [2.05, 4.69) is 15.2 Å². The number of methoxy groups -OCH3 is 2. The van der Waals surface area contributed by atoms with E-state index in [1.807, 2.05) is 6.92 Å². The summed E-state index contributed by atoms with van der Waals surface area (Å²) in [5.41, 5.74) is 2.32. The van der Waals surface area contributed by atoms with Gasteiger partial charge in [-0.15, -0.1) is 0 Å². The molecule has 0 amide bonds.